The van der Waals surface area contributed by atoms with Gasteiger partial charge in [0.1, 0.15) is 23.9 Å². The van der Waals surface area contributed by atoms with Gasteiger partial charge in [-0.15, -0.1) is 0 Å². The molecule has 0 amide bonds. The highest BCUT2D eigenvalue weighted by Crippen LogP contribution is 2.26. The summed E-state index contributed by atoms with van der Waals surface area (Å²) in [6, 6.07) is 10.4. The molecule has 0 bridgehead atoms. The number of nitrogens with two attached hydrogens (primary N) is 1. The summed E-state index contributed by atoms with van der Waals surface area (Å²) in [6.45, 7) is 4.05. The first-order valence-corrected chi connectivity index (χ1v) is 6.82. The fourth-order valence-corrected chi connectivity index (χ4v) is 2.08. The summed E-state index contributed by atoms with van der Waals surface area (Å²) in [7, 11) is 1.51. The van der Waals surface area contributed by atoms with Crippen LogP contribution in [0.1, 0.15) is 29.7 Å². The molecule has 0 aliphatic carbocycles. The topological polar surface area (TPSA) is 44.5 Å². The lowest BCUT2D eigenvalue weighted by Crippen LogP contribution is -2.09. The summed E-state index contributed by atoms with van der Waals surface area (Å²) in [5.74, 6) is 0.831. The van der Waals surface area contributed by atoms with Gasteiger partial charge in [0.15, 0.2) is 0 Å². The Morgan fingerprint density at radius 1 is 1.19 bits per heavy atom. The first-order chi connectivity index (χ1) is 10.0. The molecule has 0 spiro atoms. The molecule has 0 aromatic heterocycles. The molecule has 1 atom stereocenters. The molecule has 112 valence electrons. The number of hydrogen-bond acceptors (Lipinski definition) is 3. The fraction of sp³-hybridized carbons (Fsp3) is 0.294. The second-order valence-electron chi connectivity index (χ2n) is 5.08. The molecule has 0 saturated carbocycles. The average Bonchev–Trinajstić information content (AvgIpc) is 2.46. The van der Waals surface area contributed by atoms with Crippen molar-refractivity contribution < 1.29 is 13.9 Å². The highest BCUT2D eigenvalue weighted by Gasteiger charge is 2.10. The second kappa shape index (κ2) is 6.59. The Labute approximate surface area is 124 Å². The van der Waals surface area contributed by atoms with Gasteiger partial charge in [0.05, 0.1) is 7.11 Å². The number of hydrogen-bond donors (Lipinski definition) is 1. The molecular weight excluding hydrogens is 269 g/mol. The smallest absolute Gasteiger partial charge is 0.133 e. The molecule has 0 heterocycles. The van der Waals surface area contributed by atoms with Crippen molar-refractivity contribution in [2.24, 2.45) is 5.73 Å². The summed E-state index contributed by atoms with van der Waals surface area (Å²) in [6.07, 6.45) is 0. The van der Waals surface area contributed by atoms with Crippen LogP contribution < -0.4 is 15.2 Å². The van der Waals surface area contributed by atoms with Crippen molar-refractivity contribution in [2.45, 2.75) is 26.5 Å². The Bertz CT molecular complexity index is 626. The predicted octanol–water partition coefficient (Wildman–Crippen LogP) is 3.74. The van der Waals surface area contributed by atoms with Crippen LogP contribution in [0.5, 0.6) is 11.5 Å². The van der Waals surface area contributed by atoms with E-state index in [1.54, 1.807) is 12.1 Å². The fourth-order valence-electron chi connectivity index (χ4n) is 2.08. The molecule has 0 fully saturated rings. The number of methoxy groups -OCH3 is 1. The van der Waals surface area contributed by atoms with Crippen LogP contribution in [-0.2, 0) is 6.61 Å². The summed E-state index contributed by atoms with van der Waals surface area (Å²) >= 11 is 0. The number of benzene rings is 2. The van der Waals surface area contributed by atoms with Crippen molar-refractivity contribution in [3.05, 3.63) is 58.9 Å². The van der Waals surface area contributed by atoms with Crippen molar-refractivity contribution >= 4 is 0 Å². The third-order valence-corrected chi connectivity index (χ3v) is 3.30. The van der Waals surface area contributed by atoms with E-state index in [1.165, 1.54) is 13.2 Å². The first kappa shape index (κ1) is 15.3. The van der Waals surface area contributed by atoms with Crippen molar-refractivity contribution in [1.29, 1.82) is 0 Å². The molecule has 3 nitrogen and oxygen atoms in total. The van der Waals surface area contributed by atoms with E-state index in [0.717, 1.165) is 11.1 Å². The molecule has 0 aliphatic rings. The maximum atomic E-state index is 13.9. The van der Waals surface area contributed by atoms with E-state index >= 15 is 0 Å². The van der Waals surface area contributed by atoms with E-state index in [1.807, 2.05) is 32.0 Å². The molecule has 4 heteroatoms. The van der Waals surface area contributed by atoms with Gasteiger partial charge in [-0.25, -0.2) is 4.39 Å². The number of halogens is 1. The molecule has 2 rings (SSSR count). The highest BCUT2D eigenvalue weighted by molar-refractivity contribution is 5.39. The Morgan fingerprint density at radius 2 is 1.95 bits per heavy atom. The van der Waals surface area contributed by atoms with Gasteiger partial charge in [0, 0.05) is 23.2 Å². The van der Waals surface area contributed by atoms with Gasteiger partial charge in [-0.3, -0.25) is 0 Å². The Hall–Kier alpha value is -2.07. The Balaban J connectivity index is 2.16. The van der Waals surface area contributed by atoms with E-state index in [-0.39, 0.29) is 18.5 Å². The van der Waals surface area contributed by atoms with Crippen LogP contribution in [0, 0.1) is 12.7 Å². The maximum absolute atomic E-state index is 13.9. The van der Waals surface area contributed by atoms with E-state index in [0.29, 0.717) is 17.1 Å². The Morgan fingerprint density at radius 3 is 2.57 bits per heavy atom. The SMILES string of the molecule is COc1ccc(COc2ccc(C)cc2C(C)N)c(F)c1. The zero-order chi connectivity index (χ0) is 15.4. The van der Waals surface area contributed by atoms with Crippen LogP contribution in [-0.4, -0.2) is 7.11 Å². The van der Waals surface area contributed by atoms with E-state index in [4.69, 9.17) is 15.2 Å². The molecule has 2 N–H and O–H groups in total. The van der Waals surface area contributed by atoms with E-state index in [9.17, 15) is 4.39 Å². The maximum Gasteiger partial charge on any atom is 0.133 e. The molecule has 0 radical (unpaired) electrons. The van der Waals surface area contributed by atoms with Gasteiger partial charge >= 0.3 is 0 Å². The minimum Gasteiger partial charge on any atom is -0.497 e. The van der Waals surface area contributed by atoms with Crippen LogP contribution in [0.3, 0.4) is 0 Å². The van der Waals surface area contributed by atoms with Crippen LogP contribution in [0.2, 0.25) is 0 Å². The highest BCUT2D eigenvalue weighted by atomic mass is 19.1. The van der Waals surface area contributed by atoms with Crippen LogP contribution >= 0.6 is 0 Å². The average molecular weight is 289 g/mol. The van der Waals surface area contributed by atoms with Gasteiger partial charge in [0.25, 0.3) is 0 Å². The minimum atomic E-state index is -0.344. The van der Waals surface area contributed by atoms with Gasteiger partial charge in [0.2, 0.25) is 0 Å². The van der Waals surface area contributed by atoms with Crippen molar-refractivity contribution in [1.82, 2.24) is 0 Å². The Kier molecular flexibility index (Phi) is 4.81. The third kappa shape index (κ3) is 3.73. The van der Waals surface area contributed by atoms with Crippen molar-refractivity contribution in [3.8, 4) is 11.5 Å². The lowest BCUT2D eigenvalue weighted by atomic mass is 10.1. The zero-order valence-corrected chi connectivity index (χ0v) is 12.5. The van der Waals surface area contributed by atoms with Crippen molar-refractivity contribution in [2.75, 3.05) is 7.11 Å². The lowest BCUT2D eigenvalue weighted by molar-refractivity contribution is 0.294. The molecule has 1 unspecified atom stereocenters. The van der Waals surface area contributed by atoms with Gasteiger partial charge in [-0.2, -0.15) is 0 Å². The zero-order valence-electron chi connectivity index (χ0n) is 12.5. The van der Waals surface area contributed by atoms with Crippen LogP contribution in [0.15, 0.2) is 36.4 Å². The number of ether oxygens (including phenoxy) is 2. The van der Waals surface area contributed by atoms with Gasteiger partial charge in [-0.05, 0) is 32.0 Å². The van der Waals surface area contributed by atoms with E-state index in [2.05, 4.69) is 0 Å². The number of rotatable bonds is 5. The standard InChI is InChI=1S/C17H20FNO2/c1-11-4-7-17(15(8-11)12(2)19)21-10-13-5-6-14(20-3)9-16(13)18/h4-9,12H,10,19H2,1-3H3. The van der Waals surface area contributed by atoms with Crippen molar-refractivity contribution in [3.63, 3.8) is 0 Å². The molecule has 2 aromatic rings. The van der Waals surface area contributed by atoms with E-state index < -0.39 is 0 Å². The summed E-state index contributed by atoms with van der Waals surface area (Å²) in [5.41, 5.74) is 8.46. The summed E-state index contributed by atoms with van der Waals surface area (Å²) < 4.78 is 24.6. The van der Waals surface area contributed by atoms with Crippen LogP contribution in [0.4, 0.5) is 4.39 Å². The first-order valence-electron chi connectivity index (χ1n) is 6.82. The predicted molar refractivity (Wildman–Crippen MR) is 81.1 cm³/mol. The molecule has 0 saturated heterocycles. The second-order valence-corrected chi connectivity index (χ2v) is 5.08. The molecule has 2 aromatic carbocycles. The summed E-state index contributed by atoms with van der Waals surface area (Å²) in [5, 5.41) is 0. The van der Waals surface area contributed by atoms with Crippen LogP contribution in [0.25, 0.3) is 0 Å². The van der Waals surface area contributed by atoms with Gasteiger partial charge < -0.3 is 15.2 Å². The normalized spacial score (nSPS) is 12.0. The molecular formula is C17H20FNO2. The largest absolute Gasteiger partial charge is 0.497 e. The third-order valence-electron chi connectivity index (χ3n) is 3.30. The molecule has 21 heavy (non-hydrogen) atoms. The molecule has 0 aliphatic heterocycles. The lowest BCUT2D eigenvalue weighted by Gasteiger charge is -2.15. The minimum absolute atomic E-state index is 0.138. The van der Waals surface area contributed by atoms with Gasteiger partial charge in [-0.1, -0.05) is 17.7 Å². The monoisotopic (exact) mass is 289 g/mol. The number of aryl methyl sites for hydroxylation is 1. The summed E-state index contributed by atoms with van der Waals surface area (Å²) in [4.78, 5) is 0. The quantitative estimate of drug-likeness (QED) is 0.912.